The molecule has 0 aliphatic carbocycles. The number of urea groups is 1. The van der Waals surface area contributed by atoms with Crippen molar-refractivity contribution in [2.24, 2.45) is 0 Å². The van der Waals surface area contributed by atoms with Gasteiger partial charge >= 0.3 is 6.03 Å². The number of ether oxygens (including phenoxy) is 1. The van der Waals surface area contributed by atoms with Gasteiger partial charge < -0.3 is 10.1 Å². The van der Waals surface area contributed by atoms with Gasteiger partial charge in [-0.25, -0.2) is 4.79 Å². The molecule has 1 heterocycles. The van der Waals surface area contributed by atoms with Crippen LogP contribution in [0.25, 0.3) is 0 Å². The molecular formula is C20H23N3O4. The van der Waals surface area contributed by atoms with E-state index in [1.54, 1.807) is 52.0 Å². The van der Waals surface area contributed by atoms with Crippen LogP contribution in [0.3, 0.4) is 0 Å². The van der Waals surface area contributed by atoms with E-state index >= 15 is 0 Å². The second-order valence-corrected chi connectivity index (χ2v) is 6.54. The summed E-state index contributed by atoms with van der Waals surface area (Å²) in [6.07, 6.45) is 6.48. The Morgan fingerprint density at radius 3 is 2.00 bits per heavy atom. The summed E-state index contributed by atoms with van der Waals surface area (Å²) >= 11 is 0. The molecule has 0 saturated carbocycles. The highest BCUT2D eigenvalue weighted by Gasteiger charge is 2.44. The van der Waals surface area contributed by atoms with Gasteiger partial charge in [0.2, 0.25) is 0 Å². The highest BCUT2D eigenvalue weighted by molar-refractivity contribution is 6.29. The van der Waals surface area contributed by atoms with E-state index in [0.717, 1.165) is 9.80 Å². The van der Waals surface area contributed by atoms with Gasteiger partial charge in [-0.1, -0.05) is 5.92 Å². The molecule has 0 unspecified atom stereocenters. The van der Waals surface area contributed by atoms with Crippen LogP contribution in [0.4, 0.5) is 10.5 Å². The predicted octanol–water partition coefficient (Wildman–Crippen LogP) is 2.60. The van der Waals surface area contributed by atoms with E-state index < -0.39 is 17.8 Å². The average Bonchev–Trinajstić information content (AvgIpc) is 2.60. The van der Waals surface area contributed by atoms with Crippen LogP contribution in [0.5, 0.6) is 5.75 Å². The maximum absolute atomic E-state index is 12.7. The number of rotatable bonds is 6. The maximum atomic E-state index is 12.7. The van der Waals surface area contributed by atoms with Crippen LogP contribution < -0.4 is 10.1 Å². The molecule has 4 amide bonds. The van der Waals surface area contributed by atoms with E-state index in [1.807, 2.05) is 0 Å². The van der Waals surface area contributed by atoms with E-state index in [9.17, 15) is 14.4 Å². The fourth-order valence-electron chi connectivity index (χ4n) is 2.60. The van der Waals surface area contributed by atoms with Gasteiger partial charge in [0.05, 0.1) is 0 Å². The molecule has 142 valence electrons. The lowest BCUT2D eigenvalue weighted by Gasteiger charge is -2.37. The molecule has 0 radical (unpaired) electrons. The topological polar surface area (TPSA) is 79.0 Å². The van der Waals surface area contributed by atoms with Crippen LogP contribution in [0.15, 0.2) is 36.0 Å². The number of terminal acetylenes is 1. The fourth-order valence-corrected chi connectivity index (χ4v) is 2.60. The number of hydrogen-bond acceptors (Lipinski definition) is 5. The number of nitrogens with one attached hydrogen (secondary N) is 1. The third-order valence-corrected chi connectivity index (χ3v) is 3.90. The van der Waals surface area contributed by atoms with Gasteiger partial charge in [0.15, 0.2) is 0 Å². The van der Waals surface area contributed by atoms with Gasteiger partial charge in [0, 0.05) is 24.0 Å². The lowest BCUT2D eigenvalue weighted by molar-refractivity contribution is -0.137. The lowest BCUT2D eigenvalue weighted by Crippen LogP contribution is -2.60. The van der Waals surface area contributed by atoms with Crippen molar-refractivity contribution in [3.8, 4) is 18.1 Å². The van der Waals surface area contributed by atoms with Crippen molar-refractivity contribution in [1.82, 2.24) is 9.80 Å². The standard InChI is InChI=1S/C20H23N3O4/c1-6-11-27-16-9-7-15(8-10-16)21-12-17-18(24)22(13(2)3)20(26)23(14(4)5)19(17)25/h1,7-10,12-14,21H,11H2,2-5H3. The van der Waals surface area contributed by atoms with Crippen molar-refractivity contribution < 1.29 is 19.1 Å². The minimum atomic E-state index is -0.613. The maximum Gasteiger partial charge on any atom is 0.334 e. The minimum absolute atomic E-state index is 0.0929. The number of imide groups is 2. The molecule has 1 aliphatic rings. The number of hydrogen-bond donors (Lipinski definition) is 1. The monoisotopic (exact) mass is 369 g/mol. The molecule has 1 aromatic rings. The summed E-state index contributed by atoms with van der Waals surface area (Å²) in [5.41, 5.74) is 0.560. The summed E-state index contributed by atoms with van der Waals surface area (Å²) in [6, 6.07) is 5.56. The highest BCUT2D eigenvalue weighted by atomic mass is 16.5. The summed E-state index contributed by atoms with van der Waals surface area (Å²) in [5.74, 6) is 1.76. The first-order valence-electron chi connectivity index (χ1n) is 8.62. The van der Waals surface area contributed by atoms with Crippen LogP contribution in [-0.2, 0) is 9.59 Å². The number of carbonyl (C=O) groups is 3. The summed E-state index contributed by atoms with van der Waals surface area (Å²) in [6.45, 7) is 7.08. The van der Waals surface area contributed by atoms with Crippen LogP contribution in [0.1, 0.15) is 27.7 Å². The zero-order chi connectivity index (χ0) is 20.1. The van der Waals surface area contributed by atoms with Crippen LogP contribution in [-0.4, -0.2) is 46.3 Å². The molecule has 1 aromatic carbocycles. The zero-order valence-corrected chi connectivity index (χ0v) is 15.9. The van der Waals surface area contributed by atoms with Crippen LogP contribution in [0.2, 0.25) is 0 Å². The molecule has 27 heavy (non-hydrogen) atoms. The van der Waals surface area contributed by atoms with E-state index in [-0.39, 0.29) is 24.3 Å². The summed E-state index contributed by atoms with van der Waals surface area (Å²) < 4.78 is 5.29. The average molecular weight is 369 g/mol. The Morgan fingerprint density at radius 2 is 1.56 bits per heavy atom. The smallest absolute Gasteiger partial charge is 0.334 e. The summed E-state index contributed by atoms with van der Waals surface area (Å²) in [5, 5.41) is 2.93. The van der Waals surface area contributed by atoms with Crippen molar-refractivity contribution in [1.29, 1.82) is 0 Å². The van der Waals surface area contributed by atoms with Crippen molar-refractivity contribution in [3.63, 3.8) is 0 Å². The molecular weight excluding hydrogens is 346 g/mol. The summed E-state index contributed by atoms with van der Waals surface area (Å²) in [7, 11) is 0. The number of carbonyl (C=O) groups excluding carboxylic acids is 3. The SMILES string of the molecule is C#CCOc1ccc(NC=C2C(=O)N(C(C)C)C(=O)N(C(C)C)C2=O)cc1. The minimum Gasteiger partial charge on any atom is -0.481 e. The Bertz CT molecular complexity index is 772. The first kappa shape index (κ1) is 20.0. The number of barbiturate groups is 1. The van der Waals surface area contributed by atoms with Gasteiger partial charge in [-0.05, 0) is 52.0 Å². The quantitative estimate of drug-likeness (QED) is 0.474. The van der Waals surface area contributed by atoms with E-state index in [0.29, 0.717) is 11.4 Å². The van der Waals surface area contributed by atoms with Crippen LogP contribution in [0, 0.1) is 12.3 Å². The Labute approximate surface area is 159 Å². The highest BCUT2D eigenvalue weighted by Crippen LogP contribution is 2.22. The largest absolute Gasteiger partial charge is 0.481 e. The number of benzene rings is 1. The molecule has 0 atom stereocenters. The van der Waals surface area contributed by atoms with E-state index in [1.165, 1.54) is 6.20 Å². The molecule has 7 heteroatoms. The Morgan fingerprint density at radius 1 is 1.04 bits per heavy atom. The first-order chi connectivity index (χ1) is 12.8. The molecule has 0 spiro atoms. The number of nitrogens with zero attached hydrogens (tertiary/aromatic N) is 2. The third kappa shape index (κ3) is 4.29. The number of amides is 4. The Balaban J connectivity index is 2.26. The van der Waals surface area contributed by atoms with Gasteiger partial charge in [-0.2, -0.15) is 0 Å². The fraction of sp³-hybridized carbons (Fsp3) is 0.350. The molecule has 1 fully saturated rings. The van der Waals surface area contributed by atoms with Crippen molar-refractivity contribution in [2.45, 2.75) is 39.8 Å². The summed E-state index contributed by atoms with van der Waals surface area (Å²) in [4.78, 5) is 40.0. The van der Waals surface area contributed by atoms with Crippen molar-refractivity contribution in [2.75, 3.05) is 11.9 Å². The van der Waals surface area contributed by atoms with Gasteiger partial charge in [0.1, 0.15) is 17.9 Å². The molecule has 7 nitrogen and oxygen atoms in total. The molecule has 2 rings (SSSR count). The molecule has 1 N–H and O–H groups in total. The normalized spacial score (nSPS) is 14.7. The first-order valence-corrected chi connectivity index (χ1v) is 8.62. The van der Waals surface area contributed by atoms with Gasteiger partial charge in [-0.15, -0.1) is 6.42 Å². The second kappa shape index (κ2) is 8.41. The van der Waals surface area contributed by atoms with E-state index in [4.69, 9.17) is 11.2 Å². The molecule has 0 bridgehead atoms. The Hall–Kier alpha value is -3.27. The zero-order valence-electron chi connectivity index (χ0n) is 15.9. The van der Waals surface area contributed by atoms with Crippen molar-refractivity contribution in [3.05, 3.63) is 36.0 Å². The van der Waals surface area contributed by atoms with Gasteiger partial charge in [-0.3, -0.25) is 19.4 Å². The Kier molecular flexibility index (Phi) is 6.24. The molecule has 1 aliphatic heterocycles. The lowest BCUT2D eigenvalue weighted by atomic mass is 10.1. The molecule has 1 saturated heterocycles. The predicted molar refractivity (Wildman–Crippen MR) is 102 cm³/mol. The molecule has 0 aromatic heterocycles. The van der Waals surface area contributed by atoms with E-state index in [2.05, 4.69) is 11.2 Å². The number of anilines is 1. The van der Waals surface area contributed by atoms with Crippen LogP contribution >= 0.6 is 0 Å². The van der Waals surface area contributed by atoms with Gasteiger partial charge in [0.25, 0.3) is 11.8 Å². The third-order valence-electron chi connectivity index (χ3n) is 3.90. The van der Waals surface area contributed by atoms with Crippen molar-refractivity contribution >= 4 is 23.5 Å². The second-order valence-electron chi connectivity index (χ2n) is 6.54.